The third-order valence-corrected chi connectivity index (χ3v) is 7.46. The second-order valence-corrected chi connectivity index (χ2v) is 9.19. The Kier molecular flexibility index (Phi) is 5.23. The third kappa shape index (κ3) is 3.57. The number of fused-ring (bicyclic) bond motifs is 1. The number of aromatic nitrogens is 2. The van der Waals surface area contributed by atoms with Crippen LogP contribution in [0.15, 0.2) is 53.4 Å². The van der Waals surface area contributed by atoms with Gasteiger partial charge in [-0.2, -0.15) is 4.31 Å². The van der Waals surface area contributed by atoms with Gasteiger partial charge in [-0.3, -0.25) is 4.90 Å². The lowest BCUT2D eigenvalue weighted by molar-refractivity contribution is 0.177. The van der Waals surface area contributed by atoms with Crippen molar-refractivity contribution in [3.8, 4) is 0 Å². The van der Waals surface area contributed by atoms with Crippen LogP contribution < -0.4 is 0 Å². The average molecular weight is 399 g/mol. The lowest BCUT2D eigenvalue weighted by atomic mass is 10.2. The first-order chi connectivity index (χ1) is 13.5. The topological polar surface area (TPSA) is 58.4 Å². The van der Waals surface area contributed by atoms with Gasteiger partial charge in [-0.05, 0) is 36.2 Å². The summed E-state index contributed by atoms with van der Waals surface area (Å²) in [5, 5.41) is 0. The number of aryl methyl sites for hydroxylation is 2. The van der Waals surface area contributed by atoms with Crippen LogP contribution in [0.5, 0.6) is 0 Å². The normalized spacial score (nSPS) is 16.6. The molecule has 0 amide bonds. The lowest BCUT2D eigenvalue weighted by Crippen LogP contribution is -2.48. The van der Waals surface area contributed by atoms with Crippen molar-refractivity contribution in [3.05, 3.63) is 59.9 Å². The van der Waals surface area contributed by atoms with Crippen LogP contribution in [-0.2, 0) is 30.0 Å². The molecule has 1 aromatic heterocycles. The van der Waals surface area contributed by atoms with E-state index in [1.165, 1.54) is 0 Å². The van der Waals surface area contributed by atoms with Gasteiger partial charge in [-0.25, -0.2) is 13.4 Å². The van der Waals surface area contributed by atoms with Crippen molar-refractivity contribution >= 4 is 21.1 Å². The minimum Gasteiger partial charge on any atom is -0.330 e. The molecule has 28 heavy (non-hydrogen) atoms. The van der Waals surface area contributed by atoms with Gasteiger partial charge in [-0.1, -0.05) is 31.2 Å². The predicted octanol–water partition coefficient (Wildman–Crippen LogP) is 2.64. The fourth-order valence-corrected chi connectivity index (χ4v) is 5.13. The minimum atomic E-state index is -3.43. The molecule has 0 unspecified atom stereocenters. The Morgan fingerprint density at radius 2 is 1.64 bits per heavy atom. The second kappa shape index (κ2) is 7.66. The van der Waals surface area contributed by atoms with Gasteiger partial charge in [-0.15, -0.1) is 0 Å². The van der Waals surface area contributed by atoms with E-state index in [1.54, 1.807) is 16.4 Å². The van der Waals surface area contributed by atoms with Crippen LogP contribution in [-0.4, -0.2) is 53.4 Å². The van der Waals surface area contributed by atoms with E-state index in [0.717, 1.165) is 35.4 Å². The molecule has 4 rings (SSSR count). The van der Waals surface area contributed by atoms with E-state index in [9.17, 15) is 8.42 Å². The molecule has 0 bridgehead atoms. The first-order valence-electron chi connectivity index (χ1n) is 9.71. The molecule has 1 aliphatic heterocycles. The van der Waals surface area contributed by atoms with Crippen molar-refractivity contribution in [2.75, 3.05) is 26.2 Å². The van der Waals surface area contributed by atoms with Crippen molar-refractivity contribution in [1.82, 2.24) is 18.8 Å². The number of piperazine rings is 1. The molecule has 0 saturated carbocycles. The Bertz CT molecular complexity index is 1070. The highest BCUT2D eigenvalue weighted by Gasteiger charge is 2.28. The van der Waals surface area contributed by atoms with Crippen LogP contribution in [0.1, 0.15) is 18.3 Å². The molecule has 2 aromatic carbocycles. The van der Waals surface area contributed by atoms with Crippen molar-refractivity contribution < 1.29 is 8.42 Å². The zero-order valence-corrected chi connectivity index (χ0v) is 17.2. The highest BCUT2D eigenvalue weighted by molar-refractivity contribution is 7.89. The highest BCUT2D eigenvalue weighted by atomic mass is 32.2. The van der Waals surface area contributed by atoms with Crippen LogP contribution in [0, 0.1) is 0 Å². The molecule has 0 N–H and O–H groups in total. The Balaban J connectivity index is 1.43. The summed E-state index contributed by atoms with van der Waals surface area (Å²) in [6.07, 6.45) is 0.904. The maximum absolute atomic E-state index is 12.9. The Morgan fingerprint density at radius 1 is 0.964 bits per heavy atom. The number of hydrogen-bond acceptors (Lipinski definition) is 4. The largest absolute Gasteiger partial charge is 0.330 e. The third-order valence-electron chi connectivity index (χ3n) is 5.55. The monoisotopic (exact) mass is 398 g/mol. The molecule has 6 nitrogen and oxygen atoms in total. The van der Waals surface area contributed by atoms with Gasteiger partial charge in [0.2, 0.25) is 10.0 Å². The van der Waals surface area contributed by atoms with Crippen LogP contribution in [0.4, 0.5) is 0 Å². The van der Waals surface area contributed by atoms with E-state index in [1.807, 2.05) is 37.4 Å². The van der Waals surface area contributed by atoms with Gasteiger partial charge in [0.05, 0.1) is 22.5 Å². The van der Waals surface area contributed by atoms with Gasteiger partial charge < -0.3 is 4.57 Å². The summed E-state index contributed by atoms with van der Waals surface area (Å²) in [5.41, 5.74) is 3.26. The molecule has 0 spiro atoms. The molecule has 7 heteroatoms. The van der Waals surface area contributed by atoms with Crippen molar-refractivity contribution in [3.63, 3.8) is 0 Å². The van der Waals surface area contributed by atoms with Gasteiger partial charge in [0.25, 0.3) is 0 Å². The predicted molar refractivity (Wildman–Crippen MR) is 111 cm³/mol. The summed E-state index contributed by atoms with van der Waals surface area (Å²) in [7, 11) is -1.39. The Morgan fingerprint density at radius 3 is 2.29 bits per heavy atom. The number of nitrogens with zero attached hydrogens (tertiary/aromatic N) is 4. The molecular weight excluding hydrogens is 372 g/mol. The van der Waals surface area contributed by atoms with E-state index < -0.39 is 10.0 Å². The fourth-order valence-electron chi connectivity index (χ4n) is 3.71. The summed E-state index contributed by atoms with van der Waals surface area (Å²) < 4.78 is 29.5. The molecule has 1 saturated heterocycles. The van der Waals surface area contributed by atoms with Gasteiger partial charge >= 0.3 is 0 Å². The molecule has 3 aromatic rings. The summed E-state index contributed by atoms with van der Waals surface area (Å²) in [4.78, 5) is 7.38. The lowest BCUT2D eigenvalue weighted by Gasteiger charge is -2.33. The number of sulfonamides is 1. The zero-order valence-electron chi connectivity index (χ0n) is 16.4. The fraction of sp³-hybridized carbons (Fsp3) is 0.381. The molecule has 0 atom stereocenters. The number of hydrogen-bond donors (Lipinski definition) is 0. The molecule has 1 aliphatic rings. The summed E-state index contributed by atoms with van der Waals surface area (Å²) in [5.74, 6) is 1.01. The number of para-hydroxylation sites is 2. The van der Waals surface area contributed by atoms with Crippen molar-refractivity contribution in [2.24, 2.45) is 7.05 Å². The van der Waals surface area contributed by atoms with Gasteiger partial charge in [0, 0.05) is 33.2 Å². The van der Waals surface area contributed by atoms with Crippen LogP contribution >= 0.6 is 0 Å². The van der Waals surface area contributed by atoms with E-state index in [0.29, 0.717) is 31.1 Å². The van der Waals surface area contributed by atoms with E-state index in [-0.39, 0.29) is 0 Å². The number of benzene rings is 2. The summed E-state index contributed by atoms with van der Waals surface area (Å²) >= 11 is 0. The van der Waals surface area contributed by atoms with Crippen LogP contribution in [0.25, 0.3) is 11.0 Å². The number of rotatable bonds is 5. The first kappa shape index (κ1) is 19.1. The second-order valence-electron chi connectivity index (χ2n) is 7.25. The quantitative estimate of drug-likeness (QED) is 0.663. The smallest absolute Gasteiger partial charge is 0.243 e. The first-order valence-corrected chi connectivity index (χ1v) is 11.1. The summed E-state index contributed by atoms with van der Waals surface area (Å²) in [6, 6.07) is 15.3. The van der Waals surface area contributed by atoms with E-state index in [4.69, 9.17) is 4.98 Å². The van der Waals surface area contributed by atoms with Gasteiger partial charge in [0.15, 0.2) is 0 Å². The van der Waals surface area contributed by atoms with Crippen LogP contribution in [0.3, 0.4) is 0 Å². The van der Waals surface area contributed by atoms with Crippen molar-refractivity contribution in [2.45, 2.75) is 24.8 Å². The molecule has 0 aliphatic carbocycles. The standard InChI is InChI=1S/C21H26N4O2S/c1-3-17-8-10-18(11-9-17)28(26,27)25-14-12-24(13-15-25)16-21-22-19-6-4-5-7-20(19)23(21)2/h4-11H,3,12-16H2,1-2H3. The molecule has 148 valence electrons. The zero-order chi connectivity index (χ0) is 19.7. The SMILES string of the molecule is CCc1ccc(S(=O)(=O)N2CCN(Cc3nc4ccccc4n3C)CC2)cc1. The number of imidazole rings is 1. The van der Waals surface area contributed by atoms with Crippen molar-refractivity contribution in [1.29, 1.82) is 0 Å². The van der Waals surface area contributed by atoms with E-state index >= 15 is 0 Å². The Hall–Kier alpha value is -2.22. The highest BCUT2D eigenvalue weighted by Crippen LogP contribution is 2.20. The molecule has 0 radical (unpaired) electrons. The molecular formula is C21H26N4O2S. The maximum Gasteiger partial charge on any atom is 0.243 e. The van der Waals surface area contributed by atoms with Crippen LogP contribution in [0.2, 0.25) is 0 Å². The van der Waals surface area contributed by atoms with Gasteiger partial charge in [0.1, 0.15) is 5.82 Å². The average Bonchev–Trinajstić information content (AvgIpc) is 3.04. The maximum atomic E-state index is 12.9. The minimum absolute atomic E-state index is 0.383. The molecule has 1 fully saturated rings. The molecule has 2 heterocycles. The van der Waals surface area contributed by atoms with E-state index in [2.05, 4.69) is 22.5 Å². The summed E-state index contributed by atoms with van der Waals surface area (Å²) in [6.45, 7) is 5.20. The Labute approximate surface area is 166 Å².